The van der Waals surface area contributed by atoms with Gasteiger partial charge in [0.25, 0.3) is 0 Å². The van der Waals surface area contributed by atoms with Crippen molar-refractivity contribution >= 4 is 21.8 Å². The van der Waals surface area contributed by atoms with Crippen LogP contribution in [0.5, 0.6) is 0 Å². The van der Waals surface area contributed by atoms with Crippen LogP contribution in [0.1, 0.15) is 24.8 Å². The fraction of sp³-hybridized carbons (Fsp3) is 0.571. The molecule has 0 saturated heterocycles. The lowest BCUT2D eigenvalue weighted by Gasteiger charge is -2.19. The molecule has 0 aromatic heterocycles. The molecular formula is C14H22N2O2S2. The van der Waals surface area contributed by atoms with Crippen molar-refractivity contribution in [3.05, 3.63) is 29.8 Å². The third-order valence-corrected chi connectivity index (χ3v) is 6.31. The molecule has 0 heterocycles. The van der Waals surface area contributed by atoms with Crippen LogP contribution >= 0.6 is 11.8 Å². The van der Waals surface area contributed by atoms with Gasteiger partial charge >= 0.3 is 0 Å². The molecule has 112 valence electrons. The summed E-state index contributed by atoms with van der Waals surface area (Å²) in [7, 11) is -1.57. The normalized spacial score (nSPS) is 23.1. The average Bonchev–Trinajstić information content (AvgIpc) is 2.86. The molecule has 0 bridgehead atoms. The van der Waals surface area contributed by atoms with Crippen molar-refractivity contribution in [2.24, 2.45) is 0 Å². The maximum atomic E-state index is 12.5. The highest BCUT2D eigenvalue weighted by atomic mass is 32.2. The van der Waals surface area contributed by atoms with E-state index in [9.17, 15) is 8.42 Å². The minimum Gasteiger partial charge on any atom is -0.316 e. The van der Waals surface area contributed by atoms with Gasteiger partial charge in [0.05, 0.1) is 4.90 Å². The molecule has 1 fully saturated rings. The SMILES string of the molecule is CNCc1cccc(S(=O)(=O)NC2CCCC2SC)c1. The first-order valence-corrected chi connectivity index (χ1v) is 9.62. The number of nitrogens with one attached hydrogen (secondary N) is 2. The first kappa shape index (κ1) is 15.8. The predicted octanol–water partition coefficient (Wildman–Crippen LogP) is 1.97. The second-order valence-electron chi connectivity index (χ2n) is 5.11. The molecule has 0 radical (unpaired) electrons. The number of thioether (sulfide) groups is 1. The Hall–Kier alpha value is -0.560. The van der Waals surface area contributed by atoms with E-state index in [4.69, 9.17) is 0 Å². The maximum Gasteiger partial charge on any atom is 0.240 e. The topological polar surface area (TPSA) is 58.2 Å². The minimum absolute atomic E-state index is 0.0583. The fourth-order valence-electron chi connectivity index (χ4n) is 2.64. The van der Waals surface area contributed by atoms with Crippen LogP contribution < -0.4 is 10.0 Å². The monoisotopic (exact) mass is 314 g/mol. The van der Waals surface area contributed by atoms with E-state index in [1.807, 2.05) is 19.4 Å². The molecule has 1 saturated carbocycles. The van der Waals surface area contributed by atoms with Crippen LogP contribution in [0.4, 0.5) is 0 Å². The number of sulfonamides is 1. The van der Waals surface area contributed by atoms with Gasteiger partial charge in [-0.3, -0.25) is 0 Å². The molecule has 1 aliphatic rings. The molecule has 1 aromatic rings. The minimum atomic E-state index is -3.42. The summed E-state index contributed by atoms with van der Waals surface area (Å²) in [4.78, 5) is 0.358. The van der Waals surface area contributed by atoms with E-state index in [0.717, 1.165) is 24.8 Å². The summed E-state index contributed by atoms with van der Waals surface area (Å²) in [6, 6.07) is 7.17. The molecule has 1 aromatic carbocycles. The van der Waals surface area contributed by atoms with E-state index >= 15 is 0 Å². The van der Waals surface area contributed by atoms with Crippen molar-refractivity contribution < 1.29 is 8.42 Å². The standard InChI is InChI=1S/C14H22N2O2S2/c1-15-10-11-5-3-6-12(9-11)20(17,18)16-13-7-4-8-14(13)19-2/h3,5-6,9,13-16H,4,7-8,10H2,1-2H3. The van der Waals surface area contributed by atoms with Crippen molar-refractivity contribution in [2.45, 2.75) is 42.0 Å². The Bertz CT molecular complexity index is 546. The Morgan fingerprint density at radius 3 is 2.85 bits per heavy atom. The number of rotatable bonds is 6. The van der Waals surface area contributed by atoms with Gasteiger partial charge in [0.15, 0.2) is 0 Å². The molecule has 2 N–H and O–H groups in total. The lowest BCUT2D eigenvalue weighted by atomic mass is 10.2. The summed E-state index contributed by atoms with van der Waals surface area (Å²) in [5.41, 5.74) is 0.975. The Morgan fingerprint density at radius 2 is 2.15 bits per heavy atom. The van der Waals surface area contributed by atoms with Crippen molar-refractivity contribution in [1.29, 1.82) is 0 Å². The first-order chi connectivity index (χ1) is 9.56. The maximum absolute atomic E-state index is 12.5. The van der Waals surface area contributed by atoms with Crippen LogP contribution in [0.3, 0.4) is 0 Å². The van der Waals surface area contributed by atoms with Crippen molar-refractivity contribution in [2.75, 3.05) is 13.3 Å². The zero-order valence-electron chi connectivity index (χ0n) is 11.9. The Labute approximate surface area is 125 Å². The number of benzene rings is 1. The van der Waals surface area contributed by atoms with Gasteiger partial charge in [0, 0.05) is 17.8 Å². The average molecular weight is 314 g/mol. The molecule has 0 amide bonds. The highest BCUT2D eigenvalue weighted by Crippen LogP contribution is 2.29. The first-order valence-electron chi connectivity index (χ1n) is 6.85. The van der Waals surface area contributed by atoms with Crippen LogP contribution in [-0.4, -0.2) is 33.0 Å². The molecule has 1 aliphatic carbocycles. The summed E-state index contributed by atoms with van der Waals surface area (Å²) in [5.74, 6) is 0. The van der Waals surface area contributed by atoms with E-state index in [1.165, 1.54) is 0 Å². The molecule has 20 heavy (non-hydrogen) atoms. The van der Waals surface area contributed by atoms with Gasteiger partial charge in [-0.05, 0) is 43.8 Å². The second-order valence-corrected chi connectivity index (χ2v) is 7.90. The smallest absolute Gasteiger partial charge is 0.240 e. The number of hydrogen-bond donors (Lipinski definition) is 2. The van der Waals surface area contributed by atoms with Crippen molar-refractivity contribution in [3.8, 4) is 0 Å². The second kappa shape index (κ2) is 6.93. The Balaban J connectivity index is 2.15. The lowest BCUT2D eigenvalue weighted by Crippen LogP contribution is -2.38. The molecule has 2 rings (SSSR count). The molecule has 0 spiro atoms. The van der Waals surface area contributed by atoms with Crippen molar-refractivity contribution in [1.82, 2.24) is 10.0 Å². The molecule has 2 unspecified atom stereocenters. The molecule has 6 heteroatoms. The van der Waals surface area contributed by atoms with Gasteiger partial charge in [-0.1, -0.05) is 18.6 Å². The summed E-state index contributed by atoms with van der Waals surface area (Å²) in [6.07, 6.45) is 5.17. The Morgan fingerprint density at radius 1 is 1.35 bits per heavy atom. The molecule has 4 nitrogen and oxygen atoms in total. The van der Waals surface area contributed by atoms with Crippen LogP contribution in [-0.2, 0) is 16.6 Å². The number of hydrogen-bond acceptors (Lipinski definition) is 4. The van der Waals surface area contributed by atoms with Crippen LogP contribution in [0.15, 0.2) is 29.2 Å². The zero-order valence-corrected chi connectivity index (χ0v) is 13.6. The van der Waals surface area contributed by atoms with Crippen molar-refractivity contribution in [3.63, 3.8) is 0 Å². The van der Waals surface area contributed by atoms with Crippen LogP contribution in [0, 0.1) is 0 Å². The van der Waals surface area contributed by atoms with Gasteiger partial charge in [-0.2, -0.15) is 11.8 Å². The van der Waals surface area contributed by atoms with E-state index < -0.39 is 10.0 Å². The summed E-state index contributed by atoms with van der Waals surface area (Å²) in [6.45, 7) is 0.667. The van der Waals surface area contributed by atoms with E-state index in [0.29, 0.717) is 16.7 Å². The van der Waals surface area contributed by atoms with Crippen LogP contribution in [0.25, 0.3) is 0 Å². The predicted molar refractivity (Wildman–Crippen MR) is 84.5 cm³/mol. The largest absolute Gasteiger partial charge is 0.316 e. The lowest BCUT2D eigenvalue weighted by molar-refractivity contribution is 0.555. The highest BCUT2D eigenvalue weighted by molar-refractivity contribution is 7.99. The molecule has 2 atom stereocenters. The van der Waals surface area contributed by atoms with Crippen LogP contribution in [0.2, 0.25) is 0 Å². The zero-order chi connectivity index (χ0) is 14.6. The summed E-state index contributed by atoms with van der Waals surface area (Å²) < 4.78 is 27.8. The van der Waals surface area contributed by atoms with Gasteiger partial charge in [0.1, 0.15) is 0 Å². The molecule has 0 aliphatic heterocycles. The van der Waals surface area contributed by atoms with Gasteiger partial charge < -0.3 is 5.32 Å². The van der Waals surface area contributed by atoms with E-state index in [2.05, 4.69) is 10.0 Å². The van der Waals surface area contributed by atoms with Gasteiger partial charge in [0.2, 0.25) is 10.0 Å². The third-order valence-electron chi connectivity index (χ3n) is 3.65. The van der Waals surface area contributed by atoms with Gasteiger partial charge in [-0.25, -0.2) is 13.1 Å². The van der Waals surface area contributed by atoms with E-state index in [1.54, 1.807) is 30.0 Å². The fourth-order valence-corrected chi connectivity index (χ4v) is 5.04. The van der Waals surface area contributed by atoms with Gasteiger partial charge in [-0.15, -0.1) is 0 Å². The summed E-state index contributed by atoms with van der Waals surface area (Å²) in [5, 5.41) is 3.43. The Kier molecular flexibility index (Phi) is 5.49. The molecular weight excluding hydrogens is 292 g/mol. The quantitative estimate of drug-likeness (QED) is 0.843. The summed E-state index contributed by atoms with van der Waals surface area (Å²) >= 11 is 1.75. The van der Waals surface area contributed by atoms with E-state index in [-0.39, 0.29) is 6.04 Å². The highest BCUT2D eigenvalue weighted by Gasteiger charge is 2.30. The third kappa shape index (κ3) is 3.75.